The van der Waals surface area contributed by atoms with E-state index >= 15 is 0 Å². The van der Waals surface area contributed by atoms with Crippen molar-refractivity contribution in [3.05, 3.63) is 124 Å². The minimum Gasteiger partial charge on any atom is -0.493 e. The van der Waals surface area contributed by atoms with Crippen molar-refractivity contribution in [2.45, 2.75) is 39.2 Å². The molecular weight excluding hydrogens is 575 g/mol. The summed E-state index contributed by atoms with van der Waals surface area (Å²) in [6.45, 7) is 5.01. The molecule has 0 radical (unpaired) electrons. The van der Waals surface area contributed by atoms with E-state index in [1.807, 2.05) is 13.0 Å². The van der Waals surface area contributed by atoms with Gasteiger partial charge in [0.15, 0.2) is 11.5 Å². The number of esters is 1. The number of fused-ring (bicyclic) bond motifs is 1. The van der Waals surface area contributed by atoms with Crippen LogP contribution in [0.25, 0.3) is 0 Å². The van der Waals surface area contributed by atoms with Gasteiger partial charge < -0.3 is 29.4 Å². The van der Waals surface area contributed by atoms with E-state index in [9.17, 15) is 14.4 Å². The summed E-state index contributed by atoms with van der Waals surface area (Å²) in [5.74, 6) is 0.486. The number of ether oxygens (including phenoxy) is 5. The Balaban J connectivity index is 1.41. The van der Waals surface area contributed by atoms with Crippen molar-refractivity contribution < 1.29 is 32.9 Å². The summed E-state index contributed by atoms with van der Waals surface area (Å²) >= 11 is 0. The maximum atomic E-state index is 13.3. The second kappa shape index (κ2) is 14.3. The van der Waals surface area contributed by atoms with Crippen molar-refractivity contribution in [2.24, 2.45) is 5.73 Å². The summed E-state index contributed by atoms with van der Waals surface area (Å²) in [5.41, 5.74) is 8.95. The molecule has 1 unspecified atom stereocenters. The third-order valence-electron chi connectivity index (χ3n) is 7.17. The molecule has 45 heavy (non-hydrogen) atoms. The number of benzene rings is 4. The molecule has 4 aromatic rings. The van der Waals surface area contributed by atoms with Gasteiger partial charge in [-0.05, 0) is 66.9 Å². The number of halogens is 1. The molecule has 0 fully saturated rings. The Labute approximate surface area is 261 Å². The minimum absolute atomic E-state index is 0.0530. The molecule has 230 valence electrons. The Morgan fingerprint density at radius 2 is 1.73 bits per heavy atom. The van der Waals surface area contributed by atoms with Crippen LogP contribution in [0.2, 0.25) is 0 Å². The SMILES string of the molecule is CCCCOc1ccccc1C(=O)Oc1ccc2c(c1)OC(N)=C(C#N)C2c1ccc(OCc2ccc(F)cc2)c(OCC)c1. The monoisotopic (exact) mass is 608 g/mol. The van der Waals surface area contributed by atoms with Gasteiger partial charge in [-0.15, -0.1) is 0 Å². The summed E-state index contributed by atoms with van der Waals surface area (Å²) in [4.78, 5) is 13.1. The Hall–Kier alpha value is -5.49. The van der Waals surface area contributed by atoms with Crippen LogP contribution in [-0.2, 0) is 6.61 Å². The summed E-state index contributed by atoms with van der Waals surface area (Å²) in [6, 6.07) is 25.5. The van der Waals surface area contributed by atoms with Crippen LogP contribution < -0.4 is 29.4 Å². The second-order valence-electron chi connectivity index (χ2n) is 10.3. The molecular formula is C36H33FN2O6. The van der Waals surface area contributed by atoms with Crippen molar-refractivity contribution >= 4 is 5.97 Å². The number of nitrogens with zero attached hydrogens (tertiary/aromatic N) is 1. The van der Waals surface area contributed by atoms with Gasteiger partial charge in [-0.1, -0.05) is 49.7 Å². The number of hydrogen-bond acceptors (Lipinski definition) is 8. The average Bonchev–Trinajstić information content (AvgIpc) is 3.04. The molecule has 8 nitrogen and oxygen atoms in total. The van der Waals surface area contributed by atoms with Crippen LogP contribution in [0.1, 0.15) is 59.7 Å². The maximum Gasteiger partial charge on any atom is 0.347 e. The highest BCUT2D eigenvalue weighted by Gasteiger charge is 2.32. The van der Waals surface area contributed by atoms with Crippen molar-refractivity contribution in [2.75, 3.05) is 13.2 Å². The number of carbonyl (C=O) groups excluding carboxylic acids is 1. The van der Waals surface area contributed by atoms with Crippen LogP contribution in [0.15, 0.2) is 96.4 Å². The van der Waals surface area contributed by atoms with Gasteiger partial charge in [0.05, 0.1) is 19.1 Å². The molecule has 0 bridgehead atoms. The first-order chi connectivity index (χ1) is 21.9. The van der Waals surface area contributed by atoms with Crippen LogP contribution in [-0.4, -0.2) is 19.2 Å². The van der Waals surface area contributed by atoms with Gasteiger partial charge >= 0.3 is 5.97 Å². The number of nitrogens with two attached hydrogens (primary N) is 1. The lowest BCUT2D eigenvalue weighted by Crippen LogP contribution is -2.21. The first-order valence-corrected chi connectivity index (χ1v) is 14.7. The molecule has 0 saturated carbocycles. The predicted molar refractivity (Wildman–Crippen MR) is 166 cm³/mol. The van der Waals surface area contributed by atoms with Gasteiger partial charge in [0.25, 0.3) is 0 Å². The zero-order valence-electron chi connectivity index (χ0n) is 25.0. The van der Waals surface area contributed by atoms with Crippen molar-refractivity contribution in [3.63, 3.8) is 0 Å². The molecule has 0 aliphatic carbocycles. The molecule has 5 rings (SSSR count). The molecule has 9 heteroatoms. The van der Waals surface area contributed by atoms with E-state index in [4.69, 9.17) is 29.4 Å². The number of nitriles is 1. The quantitative estimate of drug-likeness (QED) is 0.100. The number of carbonyl (C=O) groups is 1. The zero-order valence-corrected chi connectivity index (χ0v) is 25.0. The van der Waals surface area contributed by atoms with E-state index in [1.54, 1.807) is 66.7 Å². The summed E-state index contributed by atoms with van der Waals surface area (Å²) in [5, 5.41) is 10.0. The van der Waals surface area contributed by atoms with Gasteiger partial charge in [0, 0.05) is 11.6 Å². The van der Waals surface area contributed by atoms with Crippen LogP contribution in [0.3, 0.4) is 0 Å². The molecule has 1 atom stereocenters. The second-order valence-corrected chi connectivity index (χ2v) is 10.3. The number of para-hydroxylation sites is 1. The van der Waals surface area contributed by atoms with Gasteiger partial charge in [0.2, 0.25) is 5.88 Å². The number of hydrogen-bond donors (Lipinski definition) is 1. The molecule has 2 N–H and O–H groups in total. The lowest BCUT2D eigenvalue weighted by molar-refractivity contribution is 0.0730. The van der Waals surface area contributed by atoms with E-state index in [-0.39, 0.29) is 29.6 Å². The molecule has 0 spiro atoms. The van der Waals surface area contributed by atoms with Crippen molar-refractivity contribution in [1.82, 2.24) is 0 Å². The van der Waals surface area contributed by atoms with Gasteiger partial charge in [-0.3, -0.25) is 0 Å². The number of allylic oxidation sites excluding steroid dienone is 1. The van der Waals surface area contributed by atoms with Crippen LogP contribution in [0.4, 0.5) is 4.39 Å². The van der Waals surface area contributed by atoms with E-state index in [1.165, 1.54) is 12.1 Å². The fourth-order valence-electron chi connectivity index (χ4n) is 4.93. The van der Waals surface area contributed by atoms with E-state index in [0.29, 0.717) is 47.3 Å². The Morgan fingerprint density at radius 3 is 2.49 bits per heavy atom. The Kier molecular flexibility index (Phi) is 9.85. The first-order valence-electron chi connectivity index (χ1n) is 14.7. The summed E-state index contributed by atoms with van der Waals surface area (Å²) in [6.07, 6.45) is 1.83. The topological polar surface area (TPSA) is 113 Å². The molecule has 0 amide bonds. The van der Waals surface area contributed by atoms with Gasteiger partial charge in [0.1, 0.15) is 46.9 Å². The molecule has 4 aromatic carbocycles. The van der Waals surface area contributed by atoms with Crippen LogP contribution >= 0.6 is 0 Å². The highest BCUT2D eigenvalue weighted by atomic mass is 19.1. The number of unbranched alkanes of at least 4 members (excludes halogenated alkanes) is 1. The zero-order chi connectivity index (χ0) is 31.8. The highest BCUT2D eigenvalue weighted by Crippen LogP contribution is 2.45. The molecule has 0 aromatic heterocycles. The van der Waals surface area contributed by atoms with Crippen LogP contribution in [0, 0.1) is 17.1 Å². The predicted octanol–water partition coefficient (Wildman–Crippen LogP) is 7.42. The van der Waals surface area contributed by atoms with Gasteiger partial charge in [-0.25, -0.2) is 9.18 Å². The number of rotatable bonds is 12. The Bertz CT molecular complexity index is 1750. The molecule has 1 aliphatic rings. The molecule has 1 heterocycles. The highest BCUT2D eigenvalue weighted by molar-refractivity contribution is 5.94. The van der Waals surface area contributed by atoms with Gasteiger partial charge in [-0.2, -0.15) is 5.26 Å². The summed E-state index contributed by atoms with van der Waals surface area (Å²) in [7, 11) is 0. The fraction of sp³-hybridized carbons (Fsp3) is 0.222. The normalized spacial score (nSPS) is 13.7. The maximum absolute atomic E-state index is 13.3. The van der Waals surface area contributed by atoms with Crippen molar-refractivity contribution in [3.8, 4) is 34.8 Å². The third kappa shape index (κ3) is 7.19. The van der Waals surface area contributed by atoms with E-state index < -0.39 is 11.9 Å². The van der Waals surface area contributed by atoms with E-state index in [2.05, 4.69) is 13.0 Å². The minimum atomic E-state index is -0.582. The average molecular weight is 609 g/mol. The third-order valence-corrected chi connectivity index (χ3v) is 7.17. The molecule has 0 saturated heterocycles. The first kappa shape index (κ1) is 31.0. The fourth-order valence-corrected chi connectivity index (χ4v) is 4.93. The smallest absolute Gasteiger partial charge is 0.347 e. The summed E-state index contributed by atoms with van der Waals surface area (Å²) < 4.78 is 42.5. The Morgan fingerprint density at radius 1 is 0.933 bits per heavy atom. The van der Waals surface area contributed by atoms with Crippen LogP contribution in [0.5, 0.6) is 28.7 Å². The van der Waals surface area contributed by atoms with E-state index in [0.717, 1.165) is 24.0 Å². The standard InChI is InChI=1S/C36H33FN2O6/c1-3-5-18-42-30-9-7-6-8-28(30)36(40)44-26-15-16-27-32(20-26)45-35(39)29(21-38)34(27)24-12-17-31(33(19-24)41-4-2)43-22-23-10-13-25(37)14-11-23/h6-17,19-20,34H,3-5,18,22,39H2,1-2H3. The largest absolute Gasteiger partial charge is 0.493 e. The van der Waals surface area contributed by atoms with Crippen molar-refractivity contribution in [1.29, 1.82) is 5.26 Å². The molecule has 1 aliphatic heterocycles. The lowest BCUT2D eigenvalue weighted by Gasteiger charge is -2.27. The lowest BCUT2D eigenvalue weighted by atomic mass is 9.83.